The highest BCUT2D eigenvalue weighted by atomic mass is 32.1. The second kappa shape index (κ2) is 5.27. The van der Waals surface area contributed by atoms with Crippen LogP contribution in [0.3, 0.4) is 0 Å². The summed E-state index contributed by atoms with van der Waals surface area (Å²) in [6.07, 6.45) is -0.600. The number of hydrogen-bond acceptors (Lipinski definition) is 3. The Labute approximate surface area is 122 Å². The maximum atomic E-state index is 10.7. The van der Waals surface area contributed by atoms with Crippen LogP contribution in [0.2, 0.25) is 0 Å². The zero-order valence-electron chi connectivity index (χ0n) is 11.5. The molecule has 0 saturated heterocycles. The summed E-state index contributed by atoms with van der Waals surface area (Å²) in [4.78, 5) is 0. The molecule has 0 amide bonds. The van der Waals surface area contributed by atoms with E-state index in [1.165, 1.54) is 4.70 Å². The molecule has 102 valence electrons. The summed E-state index contributed by atoms with van der Waals surface area (Å²) in [7, 11) is 1.65. The van der Waals surface area contributed by atoms with Crippen LogP contribution in [0.15, 0.2) is 47.8 Å². The van der Waals surface area contributed by atoms with E-state index < -0.39 is 6.10 Å². The number of aryl methyl sites for hydroxylation is 1. The van der Waals surface area contributed by atoms with E-state index in [0.717, 1.165) is 27.8 Å². The second-order valence-corrected chi connectivity index (χ2v) is 5.72. The molecular weight excluding hydrogens is 268 g/mol. The van der Waals surface area contributed by atoms with E-state index in [9.17, 15) is 5.11 Å². The summed E-state index contributed by atoms with van der Waals surface area (Å²) >= 11 is 1.67. The summed E-state index contributed by atoms with van der Waals surface area (Å²) < 4.78 is 6.41. The number of methoxy groups -OCH3 is 1. The van der Waals surface area contributed by atoms with Crippen LogP contribution in [0.1, 0.15) is 22.8 Å². The van der Waals surface area contributed by atoms with Gasteiger partial charge >= 0.3 is 0 Å². The van der Waals surface area contributed by atoms with Crippen LogP contribution in [0.4, 0.5) is 0 Å². The lowest BCUT2D eigenvalue weighted by atomic mass is 9.97. The van der Waals surface area contributed by atoms with Gasteiger partial charge in [0.05, 0.1) is 7.11 Å². The van der Waals surface area contributed by atoms with Crippen LogP contribution < -0.4 is 4.74 Å². The fourth-order valence-electron chi connectivity index (χ4n) is 2.46. The average molecular weight is 284 g/mol. The van der Waals surface area contributed by atoms with Gasteiger partial charge in [0.1, 0.15) is 11.9 Å². The van der Waals surface area contributed by atoms with Gasteiger partial charge in [-0.05, 0) is 47.0 Å². The van der Waals surface area contributed by atoms with E-state index in [1.807, 2.05) is 42.6 Å². The van der Waals surface area contributed by atoms with E-state index >= 15 is 0 Å². The molecule has 0 spiro atoms. The number of fused-ring (bicyclic) bond motifs is 1. The predicted octanol–water partition coefficient (Wildman–Crippen LogP) is 4.30. The first kappa shape index (κ1) is 13.2. The van der Waals surface area contributed by atoms with Crippen LogP contribution in [-0.2, 0) is 0 Å². The van der Waals surface area contributed by atoms with Gasteiger partial charge in [-0.3, -0.25) is 0 Å². The van der Waals surface area contributed by atoms with Crippen molar-refractivity contribution >= 4 is 21.4 Å². The van der Waals surface area contributed by atoms with Gasteiger partial charge in [-0.1, -0.05) is 24.3 Å². The Morgan fingerprint density at radius 3 is 2.65 bits per heavy atom. The fraction of sp³-hybridized carbons (Fsp3) is 0.176. The molecule has 1 atom stereocenters. The smallest absolute Gasteiger partial charge is 0.119 e. The molecule has 1 heterocycles. The number of thiophene rings is 1. The molecule has 3 rings (SSSR count). The maximum absolute atomic E-state index is 10.7. The molecule has 1 aromatic heterocycles. The van der Waals surface area contributed by atoms with Gasteiger partial charge in [-0.15, -0.1) is 11.3 Å². The van der Waals surface area contributed by atoms with Crippen molar-refractivity contribution in [3.05, 3.63) is 64.5 Å². The zero-order chi connectivity index (χ0) is 14.1. The minimum atomic E-state index is -0.600. The third kappa shape index (κ3) is 2.19. The third-order valence-corrected chi connectivity index (χ3v) is 4.56. The first-order valence-corrected chi connectivity index (χ1v) is 7.37. The quantitative estimate of drug-likeness (QED) is 0.777. The number of rotatable bonds is 3. The lowest BCUT2D eigenvalue weighted by Gasteiger charge is -2.14. The van der Waals surface area contributed by atoms with E-state index in [1.54, 1.807) is 18.4 Å². The van der Waals surface area contributed by atoms with Crippen molar-refractivity contribution in [2.24, 2.45) is 0 Å². The lowest BCUT2D eigenvalue weighted by Crippen LogP contribution is -2.01. The highest BCUT2D eigenvalue weighted by Gasteiger charge is 2.17. The summed E-state index contributed by atoms with van der Waals surface area (Å²) in [5.41, 5.74) is 2.93. The minimum Gasteiger partial charge on any atom is -0.497 e. The number of aliphatic hydroxyl groups is 1. The van der Waals surface area contributed by atoms with Crippen LogP contribution >= 0.6 is 11.3 Å². The van der Waals surface area contributed by atoms with E-state index in [2.05, 4.69) is 12.1 Å². The van der Waals surface area contributed by atoms with Gasteiger partial charge in [0.15, 0.2) is 0 Å². The molecule has 1 N–H and O–H groups in total. The Kier molecular flexibility index (Phi) is 3.47. The highest BCUT2D eigenvalue weighted by molar-refractivity contribution is 7.17. The first-order valence-electron chi connectivity index (χ1n) is 6.49. The van der Waals surface area contributed by atoms with Gasteiger partial charge < -0.3 is 9.84 Å². The molecule has 3 heteroatoms. The van der Waals surface area contributed by atoms with Crippen LogP contribution in [-0.4, -0.2) is 12.2 Å². The van der Waals surface area contributed by atoms with Crippen molar-refractivity contribution in [3.63, 3.8) is 0 Å². The number of ether oxygens (including phenoxy) is 1. The predicted molar refractivity (Wildman–Crippen MR) is 83.6 cm³/mol. The maximum Gasteiger partial charge on any atom is 0.119 e. The molecule has 3 aromatic rings. The van der Waals surface area contributed by atoms with Crippen LogP contribution in [0.5, 0.6) is 5.75 Å². The SMILES string of the molecule is COc1ccc(C(O)c2csc3ccccc23)c(C)c1. The summed E-state index contributed by atoms with van der Waals surface area (Å²) in [6, 6.07) is 13.9. The summed E-state index contributed by atoms with van der Waals surface area (Å²) in [5, 5.41) is 13.9. The van der Waals surface area contributed by atoms with Crippen molar-refractivity contribution in [2.45, 2.75) is 13.0 Å². The standard InChI is InChI=1S/C17H16O2S/c1-11-9-12(19-2)7-8-13(11)17(18)15-10-20-16-6-4-3-5-14(15)16/h3-10,17-18H,1-2H3. The van der Waals surface area contributed by atoms with Crippen molar-refractivity contribution in [2.75, 3.05) is 7.11 Å². The third-order valence-electron chi connectivity index (χ3n) is 3.58. The molecule has 0 fully saturated rings. The van der Waals surface area contributed by atoms with Gasteiger partial charge in [0.25, 0.3) is 0 Å². The molecule has 0 aliphatic heterocycles. The summed E-state index contributed by atoms with van der Waals surface area (Å²) in [6.45, 7) is 2.00. The molecule has 2 aromatic carbocycles. The number of aliphatic hydroxyl groups excluding tert-OH is 1. The van der Waals surface area contributed by atoms with E-state index in [0.29, 0.717) is 0 Å². The molecule has 2 nitrogen and oxygen atoms in total. The second-order valence-electron chi connectivity index (χ2n) is 4.81. The molecular formula is C17H16O2S. The normalized spacial score (nSPS) is 12.6. The Balaban J connectivity index is 2.06. The molecule has 0 radical (unpaired) electrons. The average Bonchev–Trinajstić information content (AvgIpc) is 2.90. The number of hydrogen-bond donors (Lipinski definition) is 1. The van der Waals surface area contributed by atoms with Gasteiger partial charge in [-0.25, -0.2) is 0 Å². The van der Waals surface area contributed by atoms with Crippen molar-refractivity contribution < 1.29 is 9.84 Å². The molecule has 0 aliphatic rings. The van der Waals surface area contributed by atoms with Gasteiger partial charge in [0, 0.05) is 10.3 Å². The van der Waals surface area contributed by atoms with Crippen LogP contribution in [0, 0.1) is 6.92 Å². The fourth-order valence-corrected chi connectivity index (χ4v) is 3.44. The van der Waals surface area contributed by atoms with Gasteiger partial charge in [0.2, 0.25) is 0 Å². The molecule has 0 bridgehead atoms. The van der Waals surface area contributed by atoms with E-state index in [4.69, 9.17) is 4.74 Å². The summed E-state index contributed by atoms with van der Waals surface area (Å²) in [5.74, 6) is 0.814. The van der Waals surface area contributed by atoms with Gasteiger partial charge in [-0.2, -0.15) is 0 Å². The zero-order valence-corrected chi connectivity index (χ0v) is 12.3. The van der Waals surface area contributed by atoms with Crippen molar-refractivity contribution in [1.29, 1.82) is 0 Å². The largest absolute Gasteiger partial charge is 0.497 e. The molecule has 20 heavy (non-hydrogen) atoms. The first-order chi connectivity index (χ1) is 9.70. The Morgan fingerprint density at radius 2 is 1.90 bits per heavy atom. The molecule has 0 saturated carbocycles. The van der Waals surface area contributed by atoms with Crippen molar-refractivity contribution in [3.8, 4) is 5.75 Å². The van der Waals surface area contributed by atoms with E-state index in [-0.39, 0.29) is 0 Å². The topological polar surface area (TPSA) is 29.5 Å². The highest BCUT2D eigenvalue weighted by Crippen LogP contribution is 2.35. The monoisotopic (exact) mass is 284 g/mol. The lowest BCUT2D eigenvalue weighted by molar-refractivity contribution is 0.221. The minimum absolute atomic E-state index is 0.600. The van der Waals surface area contributed by atoms with Crippen LogP contribution in [0.25, 0.3) is 10.1 Å². The van der Waals surface area contributed by atoms with Crippen molar-refractivity contribution in [1.82, 2.24) is 0 Å². The Morgan fingerprint density at radius 1 is 1.10 bits per heavy atom. The number of benzene rings is 2. The molecule has 1 unspecified atom stereocenters. The Bertz CT molecular complexity index is 746. The molecule has 0 aliphatic carbocycles. The Hall–Kier alpha value is -1.84.